The second kappa shape index (κ2) is 36.6. The van der Waals surface area contributed by atoms with Crippen molar-refractivity contribution in [3.05, 3.63) is 0 Å². The largest absolute Gasteiger partial charge is 0.481 e. The standard InChI is InChI=1S/C52H93N7O13/c1-12-13-14-15-16-17-18-19-20-21-22-23-42(60)53-36(24-25-43(61)62)46(65)54-37(26-31(2)3)47(66)56-39(28-33(6)7)50(69)59-45(35(10)11)51(70)57-40(30-44(63)64)49(68)55-38(27-32(4)5)48(67)58-41(52(71)72)29-34(8)9/h31-41,45H,12-30H2,1-11H3,(H,53,60)(H,54,65)(H,55,68)(H,56,66)(H,57,70)(H,58,67)(H,59,69)(H,61,62)(H,63,64)(H,71,72)/t36-,37-,38+,39+,40-,41-,45-/m0/s1. The van der Waals surface area contributed by atoms with Crippen molar-refractivity contribution in [3.63, 3.8) is 0 Å². The van der Waals surface area contributed by atoms with Gasteiger partial charge in [-0.3, -0.25) is 43.2 Å². The highest BCUT2D eigenvalue weighted by molar-refractivity contribution is 5.98. The minimum atomic E-state index is -1.73. The minimum Gasteiger partial charge on any atom is -0.481 e. The van der Waals surface area contributed by atoms with Crippen LogP contribution in [-0.2, 0) is 47.9 Å². The first-order chi connectivity index (χ1) is 33.7. The van der Waals surface area contributed by atoms with Crippen LogP contribution < -0.4 is 37.2 Å². The third-order valence-corrected chi connectivity index (χ3v) is 11.9. The van der Waals surface area contributed by atoms with Crippen LogP contribution in [0.15, 0.2) is 0 Å². The van der Waals surface area contributed by atoms with Gasteiger partial charge in [-0.1, -0.05) is 140 Å². The van der Waals surface area contributed by atoms with Gasteiger partial charge in [-0.25, -0.2) is 4.79 Å². The van der Waals surface area contributed by atoms with Gasteiger partial charge in [0.05, 0.1) is 6.42 Å². The summed E-state index contributed by atoms with van der Waals surface area (Å²) in [5, 5.41) is 46.9. The van der Waals surface area contributed by atoms with E-state index in [0.717, 1.165) is 25.7 Å². The Bertz CT molecular complexity index is 1720. The van der Waals surface area contributed by atoms with Crippen LogP contribution in [-0.4, -0.2) is 117 Å². The van der Waals surface area contributed by atoms with Crippen molar-refractivity contribution < 1.29 is 63.3 Å². The van der Waals surface area contributed by atoms with Gasteiger partial charge in [0.2, 0.25) is 41.4 Å². The van der Waals surface area contributed by atoms with E-state index in [1.165, 1.54) is 38.5 Å². The molecule has 0 saturated carbocycles. The molecule has 72 heavy (non-hydrogen) atoms. The van der Waals surface area contributed by atoms with E-state index < -0.39 is 120 Å². The van der Waals surface area contributed by atoms with Gasteiger partial charge in [0.1, 0.15) is 42.3 Å². The number of nitrogens with one attached hydrogen (secondary N) is 7. The third kappa shape index (κ3) is 30.6. The summed E-state index contributed by atoms with van der Waals surface area (Å²) in [6.07, 6.45) is 11.0. The molecule has 0 heterocycles. The Hall–Kier alpha value is -5.30. The summed E-state index contributed by atoms with van der Waals surface area (Å²) in [6.45, 7) is 19.7. The minimum absolute atomic E-state index is 0.0516. The van der Waals surface area contributed by atoms with E-state index in [2.05, 4.69) is 44.1 Å². The summed E-state index contributed by atoms with van der Waals surface area (Å²) in [4.78, 5) is 131. The lowest BCUT2D eigenvalue weighted by molar-refractivity contribution is -0.143. The molecule has 7 atom stereocenters. The summed E-state index contributed by atoms with van der Waals surface area (Å²) in [7, 11) is 0. The molecular weight excluding hydrogens is 931 g/mol. The van der Waals surface area contributed by atoms with Crippen LogP contribution in [0, 0.1) is 29.6 Å². The molecule has 0 aliphatic carbocycles. The molecule has 0 rings (SSSR count). The van der Waals surface area contributed by atoms with Crippen LogP contribution in [0.5, 0.6) is 0 Å². The number of aliphatic carboxylic acids is 3. The van der Waals surface area contributed by atoms with Gasteiger partial charge in [0.15, 0.2) is 0 Å². The SMILES string of the molecule is CCCCCCCCCCCCCC(=O)N[C@@H](CCC(=O)O)C(=O)N[C@@H](CC(C)C)C(=O)N[C@H](CC(C)C)C(=O)N[C@H](C(=O)N[C@@H](CC(=O)O)C(=O)N[C@H](CC(C)C)C(=O)N[C@@H](CC(C)C)C(=O)O)C(C)C. The Kier molecular flexibility index (Phi) is 33.9. The molecular formula is C52H93N7O13. The average molecular weight is 1020 g/mol. The van der Waals surface area contributed by atoms with Gasteiger partial charge in [-0.15, -0.1) is 0 Å². The maximum absolute atomic E-state index is 14.1. The van der Waals surface area contributed by atoms with Crippen molar-refractivity contribution in [1.82, 2.24) is 37.2 Å². The average Bonchev–Trinajstić information content (AvgIpc) is 3.26. The van der Waals surface area contributed by atoms with Crippen LogP contribution in [0.1, 0.15) is 198 Å². The number of rotatable bonds is 40. The van der Waals surface area contributed by atoms with Crippen LogP contribution in [0.25, 0.3) is 0 Å². The molecule has 0 aliphatic rings. The maximum atomic E-state index is 14.1. The van der Waals surface area contributed by atoms with Crippen LogP contribution in [0.2, 0.25) is 0 Å². The molecule has 0 spiro atoms. The molecule has 0 saturated heterocycles. The van der Waals surface area contributed by atoms with Crippen molar-refractivity contribution in [2.75, 3.05) is 0 Å². The summed E-state index contributed by atoms with van der Waals surface area (Å²) in [6, 6.07) is -9.38. The number of carboxylic acid groups (broad SMARTS) is 3. The molecule has 0 aromatic heterocycles. The third-order valence-electron chi connectivity index (χ3n) is 11.9. The van der Waals surface area contributed by atoms with Crippen LogP contribution >= 0.6 is 0 Å². The van der Waals surface area contributed by atoms with E-state index in [-0.39, 0.29) is 62.2 Å². The van der Waals surface area contributed by atoms with E-state index in [0.29, 0.717) is 6.42 Å². The van der Waals surface area contributed by atoms with Gasteiger partial charge >= 0.3 is 17.9 Å². The molecule has 0 fully saturated rings. The van der Waals surface area contributed by atoms with Crippen molar-refractivity contribution in [2.24, 2.45) is 29.6 Å². The van der Waals surface area contributed by atoms with E-state index in [9.17, 15) is 63.3 Å². The molecule has 0 unspecified atom stereocenters. The summed E-state index contributed by atoms with van der Waals surface area (Å²) < 4.78 is 0. The summed E-state index contributed by atoms with van der Waals surface area (Å²) in [5.74, 6) is -10.7. The Labute approximate surface area is 428 Å². The van der Waals surface area contributed by atoms with Gasteiger partial charge in [0.25, 0.3) is 0 Å². The Morgan fingerprint density at radius 3 is 1.08 bits per heavy atom. The lowest BCUT2D eigenvalue weighted by Gasteiger charge is -2.29. The maximum Gasteiger partial charge on any atom is 0.326 e. The molecule has 0 aromatic rings. The summed E-state index contributed by atoms with van der Waals surface area (Å²) in [5.41, 5.74) is 0. The highest BCUT2D eigenvalue weighted by Crippen LogP contribution is 2.15. The fourth-order valence-corrected chi connectivity index (χ4v) is 8.08. The lowest BCUT2D eigenvalue weighted by Crippen LogP contribution is -2.61. The van der Waals surface area contributed by atoms with E-state index >= 15 is 0 Å². The molecule has 0 aromatic carbocycles. The zero-order valence-corrected chi connectivity index (χ0v) is 45.3. The molecule has 0 aliphatic heterocycles. The molecule has 0 bridgehead atoms. The quantitative estimate of drug-likeness (QED) is 0.0347. The monoisotopic (exact) mass is 1020 g/mol. The van der Waals surface area contributed by atoms with Crippen LogP contribution in [0.4, 0.5) is 0 Å². The first kappa shape index (κ1) is 66.7. The predicted molar refractivity (Wildman–Crippen MR) is 274 cm³/mol. The fourth-order valence-electron chi connectivity index (χ4n) is 8.08. The molecule has 10 N–H and O–H groups in total. The molecule has 0 radical (unpaired) electrons. The number of hydrogen-bond donors (Lipinski definition) is 10. The summed E-state index contributed by atoms with van der Waals surface area (Å²) >= 11 is 0. The number of amides is 7. The number of hydrogen-bond acceptors (Lipinski definition) is 10. The number of carbonyl (C=O) groups excluding carboxylic acids is 7. The second-order valence-corrected chi connectivity index (χ2v) is 21.3. The van der Waals surface area contributed by atoms with Gasteiger partial charge in [-0.05, 0) is 68.1 Å². The zero-order chi connectivity index (χ0) is 55.1. The van der Waals surface area contributed by atoms with E-state index in [1.807, 2.05) is 13.8 Å². The number of carbonyl (C=O) groups is 10. The molecule has 20 heteroatoms. The van der Waals surface area contributed by atoms with Gasteiger partial charge in [-0.2, -0.15) is 0 Å². The highest BCUT2D eigenvalue weighted by atomic mass is 16.4. The Morgan fingerprint density at radius 1 is 0.361 bits per heavy atom. The highest BCUT2D eigenvalue weighted by Gasteiger charge is 2.36. The molecule has 414 valence electrons. The van der Waals surface area contributed by atoms with E-state index in [4.69, 9.17) is 0 Å². The first-order valence-corrected chi connectivity index (χ1v) is 26.5. The van der Waals surface area contributed by atoms with Crippen molar-refractivity contribution >= 4 is 59.3 Å². The van der Waals surface area contributed by atoms with Crippen LogP contribution in [0.3, 0.4) is 0 Å². The zero-order valence-electron chi connectivity index (χ0n) is 45.3. The topological polar surface area (TPSA) is 316 Å². The molecule has 7 amide bonds. The molecule has 20 nitrogen and oxygen atoms in total. The van der Waals surface area contributed by atoms with Crippen molar-refractivity contribution in [1.29, 1.82) is 0 Å². The lowest BCUT2D eigenvalue weighted by atomic mass is 9.98. The smallest absolute Gasteiger partial charge is 0.326 e. The van der Waals surface area contributed by atoms with E-state index in [1.54, 1.807) is 55.4 Å². The first-order valence-electron chi connectivity index (χ1n) is 26.5. The number of carboxylic acids is 3. The van der Waals surface area contributed by atoms with Crippen molar-refractivity contribution in [3.8, 4) is 0 Å². The number of unbranched alkanes of at least 4 members (excludes halogenated alkanes) is 10. The van der Waals surface area contributed by atoms with Crippen molar-refractivity contribution in [2.45, 2.75) is 240 Å². The fraction of sp³-hybridized carbons (Fsp3) is 0.808. The Morgan fingerprint density at radius 2 is 0.708 bits per heavy atom. The Balaban J connectivity index is 6.19. The van der Waals surface area contributed by atoms with Gasteiger partial charge in [0, 0.05) is 12.8 Å². The second-order valence-electron chi connectivity index (χ2n) is 21.3. The normalized spacial score (nSPS) is 14.4. The van der Waals surface area contributed by atoms with Gasteiger partial charge < -0.3 is 52.5 Å². The predicted octanol–water partition coefficient (Wildman–Crippen LogP) is 5.35.